The van der Waals surface area contributed by atoms with E-state index in [1.54, 1.807) is 32.9 Å². The number of benzene rings is 3. The van der Waals surface area contributed by atoms with Crippen molar-refractivity contribution >= 4 is 34.4 Å². The second-order valence-corrected chi connectivity index (χ2v) is 10.3. The van der Waals surface area contributed by atoms with Crippen molar-refractivity contribution in [1.82, 2.24) is 10.2 Å². The molecule has 3 rings (SSSR count). The predicted octanol–water partition coefficient (Wildman–Crippen LogP) is 4.37. The van der Waals surface area contributed by atoms with Crippen LogP contribution in [0.3, 0.4) is 0 Å². The maximum Gasteiger partial charge on any atom is 0.408 e. The molecular formula is C30H34N4O5. The van der Waals surface area contributed by atoms with Gasteiger partial charge in [0.2, 0.25) is 5.91 Å². The van der Waals surface area contributed by atoms with Crippen LogP contribution < -0.4 is 10.6 Å². The van der Waals surface area contributed by atoms with Crippen LogP contribution >= 0.6 is 0 Å². The van der Waals surface area contributed by atoms with Crippen molar-refractivity contribution in [1.29, 1.82) is 5.26 Å². The lowest BCUT2D eigenvalue weighted by molar-refractivity contribution is -0.140. The number of amides is 3. The molecule has 0 aliphatic carbocycles. The number of carbonyl (C=O) groups is 3. The fourth-order valence-corrected chi connectivity index (χ4v) is 4.27. The van der Waals surface area contributed by atoms with E-state index < -0.39 is 48.7 Å². The SMILES string of the molecule is Cc1ccc(C(C(=O)Nc2ccc3ccccc3c2)N(CC#N)C(=O)C(CO)NC(=O)OC(C)(C)C)c(C)c1. The summed E-state index contributed by atoms with van der Waals surface area (Å²) >= 11 is 0. The van der Waals surface area contributed by atoms with Crippen molar-refractivity contribution in [3.8, 4) is 6.07 Å². The minimum absolute atomic E-state index is 0.464. The largest absolute Gasteiger partial charge is 0.444 e. The highest BCUT2D eigenvalue weighted by atomic mass is 16.6. The van der Waals surface area contributed by atoms with Crippen LogP contribution in [0.2, 0.25) is 0 Å². The third kappa shape index (κ3) is 7.55. The number of carbonyl (C=O) groups excluding carboxylic acids is 3. The highest BCUT2D eigenvalue weighted by Gasteiger charge is 2.37. The number of anilines is 1. The van der Waals surface area contributed by atoms with E-state index in [-0.39, 0.29) is 0 Å². The molecule has 0 aliphatic heterocycles. The number of alkyl carbamates (subject to hydrolysis) is 1. The number of nitrogens with one attached hydrogen (secondary N) is 2. The molecule has 3 N–H and O–H groups in total. The van der Waals surface area contributed by atoms with Crippen LogP contribution in [-0.2, 0) is 14.3 Å². The van der Waals surface area contributed by atoms with Crippen LogP contribution in [0.15, 0.2) is 60.7 Å². The zero-order valence-electron chi connectivity index (χ0n) is 22.8. The molecule has 2 atom stereocenters. The lowest BCUT2D eigenvalue weighted by atomic mass is 9.96. The minimum atomic E-state index is -1.44. The fourth-order valence-electron chi connectivity index (χ4n) is 4.27. The summed E-state index contributed by atoms with van der Waals surface area (Å²) in [5.74, 6) is -1.35. The molecule has 0 bridgehead atoms. The smallest absolute Gasteiger partial charge is 0.408 e. The van der Waals surface area contributed by atoms with Crippen molar-refractivity contribution in [3.63, 3.8) is 0 Å². The third-order valence-electron chi connectivity index (χ3n) is 5.99. The molecule has 9 nitrogen and oxygen atoms in total. The topological polar surface area (TPSA) is 132 Å². The summed E-state index contributed by atoms with van der Waals surface area (Å²) in [5.41, 5.74) is 1.90. The van der Waals surface area contributed by atoms with Crippen LogP contribution in [0.1, 0.15) is 43.5 Å². The number of ether oxygens (including phenoxy) is 1. The molecule has 0 radical (unpaired) electrons. The Balaban J connectivity index is 2.01. The van der Waals surface area contributed by atoms with Gasteiger partial charge in [-0.15, -0.1) is 0 Å². The molecule has 2 unspecified atom stereocenters. The van der Waals surface area contributed by atoms with E-state index in [0.717, 1.165) is 26.8 Å². The molecule has 0 saturated carbocycles. The number of aliphatic hydroxyl groups is 1. The molecule has 3 aromatic rings. The number of rotatable bonds is 8. The maximum atomic E-state index is 13.8. The van der Waals surface area contributed by atoms with Gasteiger partial charge in [0.15, 0.2) is 0 Å². The quantitative estimate of drug-likeness (QED) is 0.371. The molecule has 3 amide bonds. The van der Waals surface area contributed by atoms with Gasteiger partial charge in [-0.05, 0) is 68.7 Å². The van der Waals surface area contributed by atoms with Crippen LogP contribution in [-0.4, -0.2) is 52.7 Å². The molecule has 0 saturated heterocycles. The summed E-state index contributed by atoms with van der Waals surface area (Å²) in [4.78, 5) is 40.9. The Labute approximate surface area is 228 Å². The van der Waals surface area contributed by atoms with Gasteiger partial charge in [0.1, 0.15) is 24.2 Å². The van der Waals surface area contributed by atoms with E-state index in [9.17, 15) is 24.8 Å². The maximum absolute atomic E-state index is 13.8. The Morgan fingerprint density at radius 3 is 2.33 bits per heavy atom. The number of aryl methyl sites for hydroxylation is 2. The Bertz CT molecular complexity index is 1410. The number of aliphatic hydroxyl groups excluding tert-OH is 1. The van der Waals surface area contributed by atoms with Gasteiger partial charge in [0, 0.05) is 5.69 Å². The summed E-state index contributed by atoms with van der Waals surface area (Å²) in [6.45, 7) is 7.50. The van der Waals surface area contributed by atoms with Crippen molar-refractivity contribution in [3.05, 3.63) is 77.4 Å². The van der Waals surface area contributed by atoms with E-state index in [4.69, 9.17) is 4.74 Å². The second-order valence-electron chi connectivity index (χ2n) is 10.3. The monoisotopic (exact) mass is 530 g/mol. The van der Waals surface area contributed by atoms with Gasteiger partial charge in [0.05, 0.1) is 12.7 Å². The van der Waals surface area contributed by atoms with Crippen LogP contribution in [0.5, 0.6) is 0 Å². The van der Waals surface area contributed by atoms with Crippen LogP contribution in [0.25, 0.3) is 10.8 Å². The van der Waals surface area contributed by atoms with Gasteiger partial charge in [-0.1, -0.05) is 54.1 Å². The molecule has 39 heavy (non-hydrogen) atoms. The summed E-state index contributed by atoms with van der Waals surface area (Å²) in [5, 5.41) is 26.8. The number of hydrogen-bond acceptors (Lipinski definition) is 6. The standard InChI is InChI=1S/C30H34N4O5/c1-19-10-13-24(20(2)16-19)26(27(36)32-23-12-11-21-8-6-7-9-22(21)17-23)34(15-14-31)28(37)25(18-35)33-29(38)39-30(3,4)5/h6-13,16-17,25-26,35H,15,18H2,1-5H3,(H,32,36)(H,33,38). The van der Waals surface area contributed by atoms with E-state index in [1.165, 1.54) is 0 Å². The zero-order valence-corrected chi connectivity index (χ0v) is 22.8. The Morgan fingerprint density at radius 2 is 1.72 bits per heavy atom. The molecule has 0 aliphatic rings. The van der Waals surface area contributed by atoms with E-state index in [1.807, 2.05) is 68.4 Å². The average Bonchev–Trinajstić information content (AvgIpc) is 2.86. The lowest BCUT2D eigenvalue weighted by Gasteiger charge is -2.33. The number of nitriles is 1. The first-order chi connectivity index (χ1) is 18.4. The molecule has 0 fully saturated rings. The van der Waals surface area contributed by atoms with E-state index in [0.29, 0.717) is 11.3 Å². The summed E-state index contributed by atoms with van der Waals surface area (Å²) in [6.07, 6.45) is -0.907. The molecule has 9 heteroatoms. The minimum Gasteiger partial charge on any atom is -0.444 e. The highest BCUT2D eigenvalue weighted by Crippen LogP contribution is 2.28. The molecule has 0 heterocycles. The Kier molecular flexibility index (Phi) is 9.28. The predicted molar refractivity (Wildman–Crippen MR) is 149 cm³/mol. The normalized spacial score (nSPS) is 12.6. The van der Waals surface area contributed by atoms with Gasteiger partial charge in [-0.3, -0.25) is 9.59 Å². The van der Waals surface area contributed by atoms with Gasteiger partial charge < -0.3 is 25.4 Å². The van der Waals surface area contributed by atoms with Crippen molar-refractivity contribution in [2.75, 3.05) is 18.5 Å². The summed E-state index contributed by atoms with van der Waals surface area (Å²) in [7, 11) is 0. The number of nitrogens with zero attached hydrogens (tertiary/aromatic N) is 2. The fraction of sp³-hybridized carbons (Fsp3) is 0.333. The highest BCUT2D eigenvalue weighted by molar-refractivity contribution is 6.00. The van der Waals surface area contributed by atoms with Gasteiger partial charge in [0.25, 0.3) is 5.91 Å². The van der Waals surface area contributed by atoms with Crippen LogP contribution in [0.4, 0.5) is 10.5 Å². The van der Waals surface area contributed by atoms with Crippen molar-refractivity contribution < 1.29 is 24.2 Å². The summed E-state index contributed by atoms with van der Waals surface area (Å²) in [6, 6.07) is 17.9. The first kappa shape index (κ1) is 29.1. The van der Waals surface area contributed by atoms with Gasteiger partial charge in [-0.2, -0.15) is 5.26 Å². The van der Waals surface area contributed by atoms with Gasteiger partial charge in [-0.25, -0.2) is 4.79 Å². The molecule has 0 aromatic heterocycles. The zero-order chi connectivity index (χ0) is 28.7. The number of hydrogen-bond donors (Lipinski definition) is 3. The first-order valence-electron chi connectivity index (χ1n) is 12.6. The molecule has 0 spiro atoms. The number of fused-ring (bicyclic) bond motifs is 1. The molecule has 3 aromatic carbocycles. The molecule has 204 valence electrons. The van der Waals surface area contributed by atoms with Crippen molar-refractivity contribution in [2.45, 2.75) is 52.3 Å². The Morgan fingerprint density at radius 1 is 1.03 bits per heavy atom. The average molecular weight is 531 g/mol. The van der Waals surface area contributed by atoms with Crippen molar-refractivity contribution in [2.24, 2.45) is 0 Å². The Hall–Kier alpha value is -4.42. The summed E-state index contributed by atoms with van der Waals surface area (Å²) < 4.78 is 5.22. The molecular weight excluding hydrogens is 496 g/mol. The van der Waals surface area contributed by atoms with E-state index in [2.05, 4.69) is 10.6 Å². The first-order valence-corrected chi connectivity index (χ1v) is 12.6. The van der Waals surface area contributed by atoms with E-state index >= 15 is 0 Å². The lowest BCUT2D eigenvalue weighted by Crippen LogP contribution is -2.54. The second kappa shape index (κ2) is 12.4. The van der Waals surface area contributed by atoms with Crippen LogP contribution in [0, 0.1) is 25.2 Å². The van der Waals surface area contributed by atoms with Gasteiger partial charge >= 0.3 is 6.09 Å². The third-order valence-corrected chi connectivity index (χ3v) is 5.99.